The van der Waals surface area contributed by atoms with Gasteiger partial charge in [0.2, 0.25) is 0 Å². The van der Waals surface area contributed by atoms with Crippen LogP contribution in [0.4, 0.5) is 0 Å². The Labute approximate surface area is 284 Å². The Morgan fingerprint density at radius 1 is 0.510 bits per heavy atom. The zero-order valence-electron chi connectivity index (χ0n) is 26.5. The molecule has 1 aliphatic carbocycles. The van der Waals surface area contributed by atoms with E-state index >= 15 is 0 Å². The minimum absolute atomic E-state index is 0.202. The van der Waals surface area contributed by atoms with Gasteiger partial charge in [-0.05, 0) is 58.2 Å². The maximum Gasteiger partial charge on any atom is 0.134 e. The van der Waals surface area contributed by atoms with Crippen LogP contribution in [0.1, 0.15) is 45.2 Å². The molecule has 0 saturated carbocycles. The number of hydrogen-bond acceptors (Lipinski definition) is 4. The van der Waals surface area contributed by atoms with Gasteiger partial charge in [-0.15, -0.1) is 0 Å². The predicted molar refractivity (Wildman–Crippen MR) is 195 cm³/mol. The number of furan rings is 1. The van der Waals surface area contributed by atoms with Crippen molar-refractivity contribution in [3.63, 3.8) is 0 Å². The number of nitrogens with one attached hydrogen (secondary N) is 1. The molecule has 10 rings (SSSR count). The van der Waals surface area contributed by atoms with Crippen LogP contribution in [0.5, 0.6) is 11.5 Å². The van der Waals surface area contributed by atoms with Gasteiger partial charge in [-0.3, -0.25) is 0 Å². The minimum Gasteiger partial charge on any atom is -0.459 e. The molecule has 3 aliphatic rings. The van der Waals surface area contributed by atoms with Crippen molar-refractivity contribution in [3.05, 3.63) is 209 Å². The van der Waals surface area contributed by atoms with Crippen LogP contribution < -0.4 is 10.1 Å². The van der Waals surface area contributed by atoms with E-state index in [4.69, 9.17) is 14.1 Å². The van der Waals surface area contributed by atoms with Gasteiger partial charge in [-0.2, -0.15) is 0 Å². The highest BCUT2D eigenvalue weighted by molar-refractivity contribution is 6.03. The molecule has 1 atom stereocenters. The van der Waals surface area contributed by atoms with Gasteiger partial charge in [0.25, 0.3) is 0 Å². The van der Waals surface area contributed by atoms with E-state index in [1.807, 2.05) is 42.5 Å². The molecule has 232 valence electrons. The summed E-state index contributed by atoms with van der Waals surface area (Å²) < 4.78 is 13.4. The number of para-hydroxylation sites is 1. The summed E-state index contributed by atoms with van der Waals surface area (Å²) in [5, 5.41) is 3.62. The van der Waals surface area contributed by atoms with E-state index in [9.17, 15) is 0 Å². The van der Waals surface area contributed by atoms with Gasteiger partial charge in [0.1, 0.15) is 34.9 Å². The molecule has 2 aliphatic heterocycles. The molecule has 1 aromatic heterocycles. The van der Waals surface area contributed by atoms with Crippen molar-refractivity contribution in [1.29, 1.82) is 0 Å². The fourth-order valence-electron chi connectivity index (χ4n) is 7.89. The van der Waals surface area contributed by atoms with Gasteiger partial charge in [0.05, 0.1) is 11.1 Å². The molecule has 1 unspecified atom stereocenters. The molecule has 4 heteroatoms. The first-order valence-electron chi connectivity index (χ1n) is 16.7. The largest absolute Gasteiger partial charge is 0.459 e. The van der Waals surface area contributed by atoms with Gasteiger partial charge >= 0.3 is 0 Å². The third-order valence-electron chi connectivity index (χ3n) is 10.0. The number of fused-ring (bicyclic) bond motifs is 9. The first-order chi connectivity index (χ1) is 24.3. The first-order valence-corrected chi connectivity index (χ1v) is 16.7. The van der Waals surface area contributed by atoms with E-state index in [-0.39, 0.29) is 6.04 Å². The van der Waals surface area contributed by atoms with Crippen LogP contribution in [0, 0.1) is 0 Å². The molecule has 0 fully saturated rings. The highest BCUT2D eigenvalue weighted by atomic mass is 16.5. The Morgan fingerprint density at radius 3 is 1.86 bits per heavy atom. The van der Waals surface area contributed by atoms with Gasteiger partial charge in [0.15, 0.2) is 0 Å². The van der Waals surface area contributed by atoms with Crippen LogP contribution in [-0.4, -0.2) is 5.84 Å². The fourth-order valence-corrected chi connectivity index (χ4v) is 7.89. The van der Waals surface area contributed by atoms with E-state index in [1.54, 1.807) is 0 Å². The van der Waals surface area contributed by atoms with Crippen LogP contribution in [0.3, 0.4) is 0 Å². The number of benzene rings is 6. The summed E-state index contributed by atoms with van der Waals surface area (Å²) in [7, 11) is 0. The SMILES string of the molecule is C1=C(c2ccccc2)N=C(c2ccccc2)NC1c1ccc(-c2ccc3c(c2)Oc2ccccc2C32c3ccccc3-c3ccccc32)o1. The van der Waals surface area contributed by atoms with Gasteiger partial charge in [-0.1, -0.05) is 140 Å². The second-order valence-corrected chi connectivity index (χ2v) is 12.7. The second kappa shape index (κ2) is 10.8. The molecule has 1 spiro atoms. The molecule has 49 heavy (non-hydrogen) atoms. The topological polar surface area (TPSA) is 46.8 Å². The molecule has 4 nitrogen and oxygen atoms in total. The Balaban J connectivity index is 1.07. The number of nitrogens with zero attached hydrogens (tertiary/aromatic N) is 1. The molecule has 3 heterocycles. The molecule has 0 saturated heterocycles. The molecular formula is C45H30N2O2. The van der Waals surface area contributed by atoms with Crippen molar-refractivity contribution >= 4 is 11.5 Å². The zero-order valence-corrected chi connectivity index (χ0v) is 26.5. The lowest BCUT2D eigenvalue weighted by Crippen LogP contribution is -2.32. The van der Waals surface area contributed by atoms with Crippen LogP contribution in [0.2, 0.25) is 0 Å². The Bertz CT molecular complexity index is 2410. The van der Waals surface area contributed by atoms with E-state index in [0.29, 0.717) is 0 Å². The molecule has 6 aromatic carbocycles. The average molecular weight is 631 g/mol. The van der Waals surface area contributed by atoms with Gasteiger partial charge in [-0.25, -0.2) is 4.99 Å². The zero-order chi connectivity index (χ0) is 32.4. The first kappa shape index (κ1) is 27.7. The molecular weight excluding hydrogens is 601 g/mol. The normalized spacial score (nSPS) is 16.3. The number of aliphatic imine (C=N–C) groups is 1. The lowest BCUT2D eigenvalue weighted by molar-refractivity contribution is 0.436. The highest BCUT2D eigenvalue weighted by Gasteiger charge is 2.50. The smallest absolute Gasteiger partial charge is 0.134 e. The van der Waals surface area contributed by atoms with E-state index in [0.717, 1.165) is 62.4 Å². The third kappa shape index (κ3) is 4.20. The summed E-state index contributed by atoms with van der Waals surface area (Å²) in [4.78, 5) is 5.00. The maximum atomic E-state index is 6.73. The van der Waals surface area contributed by atoms with Crippen LogP contribution in [-0.2, 0) is 5.41 Å². The van der Waals surface area contributed by atoms with Gasteiger partial charge < -0.3 is 14.5 Å². The average Bonchev–Trinajstić information content (AvgIpc) is 3.78. The summed E-state index contributed by atoms with van der Waals surface area (Å²) in [6.07, 6.45) is 2.13. The Hall–Kier alpha value is -6.39. The summed E-state index contributed by atoms with van der Waals surface area (Å²) in [6, 6.07) is 57.0. The van der Waals surface area contributed by atoms with E-state index in [1.165, 1.54) is 22.3 Å². The summed E-state index contributed by atoms with van der Waals surface area (Å²) >= 11 is 0. The monoisotopic (exact) mass is 630 g/mol. The second-order valence-electron chi connectivity index (χ2n) is 12.7. The predicted octanol–water partition coefficient (Wildman–Crippen LogP) is 10.5. The van der Waals surface area contributed by atoms with Crippen molar-refractivity contribution in [2.24, 2.45) is 4.99 Å². The molecule has 0 amide bonds. The number of hydrogen-bond donors (Lipinski definition) is 1. The summed E-state index contributed by atoms with van der Waals surface area (Å²) in [5.41, 5.74) is 10.8. The quantitative estimate of drug-likeness (QED) is 0.210. The van der Waals surface area contributed by atoms with Gasteiger partial charge in [0, 0.05) is 22.3 Å². The number of ether oxygens (including phenoxy) is 1. The Morgan fingerprint density at radius 2 is 1.12 bits per heavy atom. The summed E-state index contributed by atoms with van der Waals surface area (Å²) in [6.45, 7) is 0. The minimum atomic E-state index is -0.484. The lowest BCUT2D eigenvalue weighted by Gasteiger charge is -2.39. The molecule has 0 radical (unpaired) electrons. The molecule has 1 N–H and O–H groups in total. The fraction of sp³-hybridized carbons (Fsp3) is 0.0444. The van der Waals surface area contributed by atoms with Crippen molar-refractivity contribution in [3.8, 4) is 33.9 Å². The number of amidine groups is 1. The lowest BCUT2D eigenvalue weighted by atomic mass is 9.66. The van der Waals surface area contributed by atoms with Crippen molar-refractivity contribution in [2.45, 2.75) is 11.5 Å². The summed E-state index contributed by atoms with van der Waals surface area (Å²) in [5.74, 6) is 4.11. The van der Waals surface area contributed by atoms with Crippen LogP contribution >= 0.6 is 0 Å². The van der Waals surface area contributed by atoms with Crippen molar-refractivity contribution in [1.82, 2.24) is 5.32 Å². The maximum absolute atomic E-state index is 6.73. The standard InChI is InChI=1S/C45H30N2O2/c1-3-13-29(14-4-1)38-28-39(47-44(46-38)30-15-5-2-6-16-30)42-26-25-40(48-42)31-23-24-37-43(27-31)49-41-22-12-11-21-36(41)45(37)34-19-9-7-17-32(34)33-18-8-10-20-35(33)45/h1-28,39H,(H,46,47). The van der Waals surface area contributed by atoms with Crippen LogP contribution in [0.15, 0.2) is 179 Å². The van der Waals surface area contributed by atoms with E-state index < -0.39 is 5.41 Å². The van der Waals surface area contributed by atoms with E-state index in [2.05, 4.69) is 133 Å². The highest BCUT2D eigenvalue weighted by Crippen LogP contribution is 2.62. The molecule has 0 bridgehead atoms. The Kier molecular flexibility index (Phi) is 6.12. The van der Waals surface area contributed by atoms with Crippen molar-refractivity contribution < 1.29 is 9.15 Å². The van der Waals surface area contributed by atoms with Crippen molar-refractivity contribution in [2.75, 3.05) is 0 Å². The molecule has 7 aromatic rings. The van der Waals surface area contributed by atoms with Crippen LogP contribution in [0.25, 0.3) is 28.1 Å². The third-order valence-corrected chi connectivity index (χ3v) is 10.0. The number of rotatable bonds is 4.